The second-order valence-corrected chi connectivity index (χ2v) is 3.00. The third kappa shape index (κ3) is 3.64. The first-order valence-electron chi connectivity index (χ1n) is 4.49. The van der Waals surface area contributed by atoms with Crippen LogP contribution in [0.5, 0.6) is 0 Å². The molecule has 0 fully saturated rings. The zero-order valence-electron chi connectivity index (χ0n) is 8.69. The Balaban J connectivity index is 2.41. The molecule has 1 aromatic heterocycles. The quantitative estimate of drug-likeness (QED) is 0.696. The van der Waals surface area contributed by atoms with Crippen LogP contribution >= 0.6 is 0 Å². The molecule has 0 bridgehead atoms. The Morgan fingerprint density at radius 2 is 2.40 bits per heavy atom. The van der Waals surface area contributed by atoms with E-state index < -0.39 is 6.04 Å². The number of carbonyl (C=O) groups excluding carboxylic acids is 1. The molecule has 0 saturated heterocycles. The molecular weight excluding hydrogens is 200 g/mol. The van der Waals surface area contributed by atoms with Crippen molar-refractivity contribution in [3.05, 3.63) is 5.89 Å². The van der Waals surface area contributed by atoms with Crippen molar-refractivity contribution >= 4 is 11.9 Å². The van der Waals surface area contributed by atoms with E-state index in [1.54, 1.807) is 14.0 Å². The number of nitrogens with two attached hydrogens (primary N) is 1. The van der Waals surface area contributed by atoms with Gasteiger partial charge in [0.2, 0.25) is 11.8 Å². The van der Waals surface area contributed by atoms with E-state index in [0.717, 1.165) is 0 Å². The summed E-state index contributed by atoms with van der Waals surface area (Å²) in [6, 6.07) is -0.581. The number of amides is 1. The number of ether oxygens (including phenoxy) is 1. The van der Waals surface area contributed by atoms with E-state index in [1.165, 1.54) is 0 Å². The Morgan fingerprint density at radius 3 is 2.93 bits per heavy atom. The molecule has 7 nitrogen and oxygen atoms in total. The maximum atomic E-state index is 11.4. The van der Waals surface area contributed by atoms with Gasteiger partial charge in [0.15, 0.2) is 0 Å². The number of hydrogen-bond donors (Lipinski definition) is 2. The summed E-state index contributed by atoms with van der Waals surface area (Å²) in [4.78, 5) is 11.4. The summed E-state index contributed by atoms with van der Waals surface area (Å²) < 4.78 is 9.77. The number of hydrogen-bond acceptors (Lipinski definition) is 6. The number of methoxy groups -OCH3 is 1. The Labute approximate surface area is 87.0 Å². The van der Waals surface area contributed by atoms with Gasteiger partial charge in [-0.3, -0.25) is 10.1 Å². The Kier molecular flexibility index (Phi) is 4.19. The molecule has 0 aliphatic rings. The van der Waals surface area contributed by atoms with E-state index in [2.05, 4.69) is 15.5 Å². The Hall–Kier alpha value is -1.47. The predicted octanol–water partition coefficient (Wildman–Crippen LogP) is -0.320. The number of nitrogens with one attached hydrogen (secondary N) is 1. The Bertz CT molecular complexity index is 325. The zero-order chi connectivity index (χ0) is 11.3. The fraction of sp³-hybridized carbons (Fsp3) is 0.625. The molecule has 1 atom stereocenters. The molecular formula is C8H14N4O3. The molecule has 7 heteroatoms. The molecule has 1 heterocycles. The molecule has 1 rings (SSSR count). The second kappa shape index (κ2) is 5.42. The lowest BCUT2D eigenvalue weighted by Crippen LogP contribution is -2.36. The van der Waals surface area contributed by atoms with Crippen molar-refractivity contribution in [2.75, 3.05) is 19.0 Å². The molecule has 3 N–H and O–H groups in total. The molecule has 15 heavy (non-hydrogen) atoms. The van der Waals surface area contributed by atoms with Crippen LogP contribution in [0.4, 0.5) is 6.01 Å². The molecule has 0 aliphatic heterocycles. The van der Waals surface area contributed by atoms with Gasteiger partial charge in [0.25, 0.3) is 0 Å². The van der Waals surface area contributed by atoms with Crippen molar-refractivity contribution in [1.29, 1.82) is 0 Å². The number of rotatable bonds is 5. The largest absolute Gasteiger partial charge is 0.408 e. The minimum atomic E-state index is -0.642. The van der Waals surface area contributed by atoms with Crippen LogP contribution in [0.1, 0.15) is 12.3 Å². The van der Waals surface area contributed by atoms with Crippen molar-refractivity contribution < 1.29 is 13.9 Å². The third-order valence-corrected chi connectivity index (χ3v) is 1.73. The van der Waals surface area contributed by atoms with Gasteiger partial charge in [-0.25, -0.2) is 0 Å². The highest BCUT2D eigenvalue weighted by Crippen LogP contribution is 2.04. The van der Waals surface area contributed by atoms with Crippen LogP contribution in [0.3, 0.4) is 0 Å². The monoisotopic (exact) mass is 214 g/mol. The summed E-state index contributed by atoms with van der Waals surface area (Å²) in [5.74, 6) is 0.0199. The topological polar surface area (TPSA) is 103 Å². The number of aromatic nitrogens is 2. The van der Waals surface area contributed by atoms with Crippen molar-refractivity contribution in [3.63, 3.8) is 0 Å². The van der Waals surface area contributed by atoms with Crippen molar-refractivity contribution in [2.45, 2.75) is 19.4 Å². The lowest BCUT2D eigenvalue weighted by atomic mass is 10.2. The maximum Gasteiger partial charge on any atom is 0.322 e. The van der Waals surface area contributed by atoms with Gasteiger partial charge in [0, 0.05) is 20.6 Å². The van der Waals surface area contributed by atoms with E-state index >= 15 is 0 Å². The van der Waals surface area contributed by atoms with Gasteiger partial charge in [-0.05, 0) is 6.42 Å². The average Bonchev–Trinajstić information content (AvgIpc) is 2.60. The molecule has 1 aromatic rings. The molecule has 0 spiro atoms. The molecule has 0 aliphatic carbocycles. The molecule has 1 amide bonds. The number of nitrogens with zero attached hydrogens (tertiary/aromatic N) is 2. The first-order valence-corrected chi connectivity index (χ1v) is 4.49. The maximum absolute atomic E-state index is 11.4. The summed E-state index contributed by atoms with van der Waals surface area (Å²) >= 11 is 0. The van der Waals surface area contributed by atoms with Gasteiger partial charge >= 0.3 is 6.01 Å². The number of aryl methyl sites for hydroxylation is 1. The molecule has 84 valence electrons. The van der Waals surface area contributed by atoms with Gasteiger partial charge < -0.3 is 14.9 Å². The van der Waals surface area contributed by atoms with Crippen LogP contribution in [0, 0.1) is 6.92 Å². The third-order valence-electron chi connectivity index (χ3n) is 1.73. The van der Waals surface area contributed by atoms with Crippen LogP contribution in [0.15, 0.2) is 4.42 Å². The highest BCUT2D eigenvalue weighted by Gasteiger charge is 2.15. The zero-order valence-corrected chi connectivity index (χ0v) is 8.69. The molecule has 1 unspecified atom stereocenters. The lowest BCUT2D eigenvalue weighted by Gasteiger charge is -2.08. The van der Waals surface area contributed by atoms with E-state index in [9.17, 15) is 4.79 Å². The van der Waals surface area contributed by atoms with E-state index in [-0.39, 0.29) is 11.9 Å². The van der Waals surface area contributed by atoms with Crippen molar-refractivity contribution in [1.82, 2.24) is 10.2 Å². The highest BCUT2D eigenvalue weighted by atomic mass is 16.5. The molecule has 0 radical (unpaired) electrons. The van der Waals surface area contributed by atoms with Gasteiger partial charge in [0.1, 0.15) is 0 Å². The number of anilines is 1. The van der Waals surface area contributed by atoms with E-state index in [4.69, 9.17) is 14.9 Å². The summed E-state index contributed by atoms with van der Waals surface area (Å²) in [7, 11) is 1.55. The minimum absolute atomic E-state index is 0.0605. The van der Waals surface area contributed by atoms with Crippen LogP contribution in [-0.4, -0.2) is 35.9 Å². The van der Waals surface area contributed by atoms with Crippen molar-refractivity contribution in [2.24, 2.45) is 5.73 Å². The van der Waals surface area contributed by atoms with Crippen LogP contribution < -0.4 is 11.1 Å². The Morgan fingerprint density at radius 1 is 1.67 bits per heavy atom. The van der Waals surface area contributed by atoms with Crippen LogP contribution in [0.2, 0.25) is 0 Å². The summed E-state index contributed by atoms with van der Waals surface area (Å²) in [5.41, 5.74) is 5.58. The standard InChI is InChI=1S/C8H14N4O3/c1-5-11-12-8(15-5)10-7(13)6(9)3-4-14-2/h6H,3-4,9H2,1-2H3,(H,10,12,13). The lowest BCUT2D eigenvalue weighted by molar-refractivity contribution is -0.117. The summed E-state index contributed by atoms with van der Waals surface area (Å²) in [5, 5.41) is 9.59. The SMILES string of the molecule is COCCC(N)C(=O)Nc1nnc(C)o1. The first kappa shape index (κ1) is 11.6. The van der Waals surface area contributed by atoms with E-state index in [1.807, 2.05) is 0 Å². The van der Waals surface area contributed by atoms with Gasteiger partial charge in [0.05, 0.1) is 6.04 Å². The van der Waals surface area contributed by atoms with E-state index in [0.29, 0.717) is 18.9 Å². The number of carbonyl (C=O) groups is 1. The molecule has 0 aromatic carbocycles. The van der Waals surface area contributed by atoms with Crippen LogP contribution in [0.25, 0.3) is 0 Å². The van der Waals surface area contributed by atoms with Crippen molar-refractivity contribution in [3.8, 4) is 0 Å². The normalized spacial score (nSPS) is 12.5. The van der Waals surface area contributed by atoms with Gasteiger partial charge in [-0.1, -0.05) is 5.10 Å². The first-order chi connectivity index (χ1) is 7.13. The molecule has 0 saturated carbocycles. The second-order valence-electron chi connectivity index (χ2n) is 3.00. The summed E-state index contributed by atoms with van der Waals surface area (Å²) in [6.45, 7) is 2.06. The minimum Gasteiger partial charge on any atom is -0.408 e. The average molecular weight is 214 g/mol. The predicted molar refractivity (Wildman–Crippen MR) is 52.1 cm³/mol. The summed E-state index contributed by atoms with van der Waals surface area (Å²) in [6.07, 6.45) is 0.440. The fourth-order valence-electron chi connectivity index (χ4n) is 0.921. The van der Waals surface area contributed by atoms with Gasteiger partial charge in [-0.15, -0.1) is 5.10 Å². The highest BCUT2D eigenvalue weighted by molar-refractivity contribution is 5.92. The fourth-order valence-corrected chi connectivity index (χ4v) is 0.921. The van der Waals surface area contributed by atoms with Crippen LogP contribution in [-0.2, 0) is 9.53 Å². The van der Waals surface area contributed by atoms with Gasteiger partial charge in [-0.2, -0.15) is 0 Å². The smallest absolute Gasteiger partial charge is 0.322 e.